The van der Waals surface area contributed by atoms with E-state index in [9.17, 15) is 4.79 Å². The van der Waals surface area contributed by atoms with E-state index in [0.717, 1.165) is 38.9 Å². The van der Waals surface area contributed by atoms with Gasteiger partial charge in [-0.25, -0.2) is 4.98 Å². The lowest BCUT2D eigenvalue weighted by Crippen LogP contribution is -2.25. The minimum absolute atomic E-state index is 0.0749. The minimum Gasteiger partial charge on any atom is -0.385 e. The van der Waals surface area contributed by atoms with E-state index in [1.165, 1.54) is 5.56 Å². The smallest absolute Gasteiger partial charge is 0.251 e. The molecule has 8 heteroatoms. The number of carbonyl (C=O) groups is 1. The minimum atomic E-state index is -0.0749. The molecule has 0 atom stereocenters. The van der Waals surface area contributed by atoms with E-state index in [2.05, 4.69) is 14.9 Å². The summed E-state index contributed by atoms with van der Waals surface area (Å²) in [5.41, 5.74) is 4.81. The van der Waals surface area contributed by atoms with Crippen LogP contribution in [0.4, 0.5) is 0 Å². The Balaban J connectivity index is 1.48. The Labute approximate surface area is 202 Å². The van der Waals surface area contributed by atoms with Gasteiger partial charge in [-0.1, -0.05) is 47.6 Å². The number of fused-ring (bicyclic) bond motifs is 1. The van der Waals surface area contributed by atoms with Gasteiger partial charge in [0.05, 0.1) is 23.8 Å². The largest absolute Gasteiger partial charge is 0.385 e. The van der Waals surface area contributed by atoms with E-state index in [1.807, 2.05) is 60.8 Å². The first-order valence-electron chi connectivity index (χ1n) is 10.7. The number of hydrogen-bond acceptors (Lipinski definition) is 5. The third-order valence-corrected chi connectivity index (χ3v) is 6.46. The molecule has 0 fully saturated rings. The van der Waals surface area contributed by atoms with Crippen molar-refractivity contribution in [1.82, 2.24) is 19.9 Å². The Hall–Kier alpha value is -2.87. The molecule has 0 saturated heterocycles. The van der Waals surface area contributed by atoms with Gasteiger partial charge in [-0.05, 0) is 47.9 Å². The Bertz CT molecular complexity index is 1210. The van der Waals surface area contributed by atoms with Crippen LogP contribution in [-0.4, -0.2) is 40.7 Å². The monoisotopic (exact) mass is 480 g/mol. The fourth-order valence-corrected chi connectivity index (χ4v) is 4.50. The average molecular weight is 481 g/mol. The van der Waals surface area contributed by atoms with Gasteiger partial charge >= 0.3 is 0 Å². The third kappa shape index (κ3) is 6.13. The van der Waals surface area contributed by atoms with Crippen LogP contribution in [-0.2, 0) is 17.0 Å². The zero-order valence-corrected chi connectivity index (χ0v) is 19.9. The molecule has 0 unspecified atom stereocenters. The van der Waals surface area contributed by atoms with Crippen LogP contribution in [0.2, 0.25) is 5.02 Å². The van der Waals surface area contributed by atoms with Crippen molar-refractivity contribution in [3.8, 4) is 0 Å². The van der Waals surface area contributed by atoms with Crippen molar-refractivity contribution in [3.63, 3.8) is 0 Å². The summed E-state index contributed by atoms with van der Waals surface area (Å²) in [6, 6.07) is 17.5. The second-order valence-corrected chi connectivity index (χ2v) is 8.94. The van der Waals surface area contributed by atoms with Crippen LogP contribution in [0.5, 0.6) is 0 Å². The number of nitrogens with one attached hydrogen (secondary N) is 1. The maximum Gasteiger partial charge on any atom is 0.251 e. The number of benzene rings is 2. The molecule has 0 aliphatic rings. The number of pyridine rings is 1. The maximum atomic E-state index is 12.3. The number of nitrogens with zero attached hydrogens (tertiary/aromatic N) is 3. The van der Waals surface area contributed by atoms with Crippen molar-refractivity contribution in [1.29, 1.82) is 0 Å². The van der Waals surface area contributed by atoms with Gasteiger partial charge in [-0.15, -0.1) is 0 Å². The van der Waals surface area contributed by atoms with Crippen LogP contribution in [0.25, 0.3) is 11.0 Å². The summed E-state index contributed by atoms with van der Waals surface area (Å²) in [5, 5.41) is 4.57. The highest BCUT2D eigenvalue weighted by Crippen LogP contribution is 2.28. The number of methoxy groups -OCH3 is 1. The number of amides is 1. The first kappa shape index (κ1) is 23.3. The number of imidazole rings is 1. The first-order valence-corrected chi connectivity index (χ1v) is 12.0. The van der Waals surface area contributed by atoms with Gasteiger partial charge in [-0.3, -0.25) is 9.78 Å². The molecular weight excluding hydrogens is 456 g/mol. The standard InChI is InChI=1S/C25H25ClN4O2S/c1-32-14-2-12-28-24(31)20-7-3-18(4-8-20)16-30-23-15-27-13-11-22(23)29-25(30)33-17-19-5-9-21(26)10-6-19/h3-11,13,15H,2,12,14,16-17H2,1H3,(H,28,31). The SMILES string of the molecule is COCCCNC(=O)c1ccc(Cn2c(SCc3ccc(Cl)cc3)nc3ccncc32)cc1. The molecule has 0 radical (unpaired) electrons. The molecule has 0 aliphatic heterocycles. The molecule has 0 saturated carbocycles. The van der Waals surface area contributed by atoms with E-state index in [0.29, 0.717) is 25.3 Å². The summed E-state index contributed by atoms with van der Waals surface area (Å²) in [6.07, 6.45) is 4.39. The van der Waals surface area contributed by atoms with Crippen molar-refractivity contribution < 1.29 is 9.53 Å². The van der Waals surface area contributed by atoms with Crippen molar-refractivity contribution >= 4 is 40.3 Å². The van der Waals surface area contributed by atoms with Gasteiger partial charge in [-0.2, -0.15) is 0 Å². The lowest BCUT2D eigenvalue weighted by atomic mass is 10.1. The molecular formula is C25H25ClN4O2S. The van der Waals surface area contributed by atoms with Crippen LogP contribution in [0.15, 0.2) is 72.1 Å². The fraction of sp³-hybridized carbons (Fsp3) is 0.240. The summed E-state index contributed by atoms with van der Waals surface area (Å²) >= 11 is 7.68. The highest BCUT2D eigenvalue weighted by molar-refractivity contribution is 7.98. The number of thioether (sulfide) groups is 1. The molecule has 2 aromatic carbocycles. The molecule has 1 N–H and O–H groups in total. The van der Waals surface area contributed by atoms with E-state index < -0.39 is 0 Å². The lowest BCUT2D eigenvalue weighted by molar-refractivity contribution is 0.0948. The highest BCUT2D eigenvalue weighted by Gasteiger charge is 2.13. The maximum absolute atomic E-state index is 12.3. The second-order valence-electron chi connectivity index (χ2n) is 7.56. The number of rotatable bonds is 10. The number of ether oxygens (including phenoxy) is 1. The fourth-order valence-electron chi connectivity index (χ4n) is 3.40. The first-order chi connectivity index (χ1) is 16.1. The Morgan fingerprint density at radius 3 is 2.61 bits per heavy atom. The molecule has 6 nitrogen and oxygen atoms in total. The molecule has 4 rings (SSSR count). The molecule has 2 aromatic heterocycles. The zero-order valence-electron chi connectivity index (χ0n) is 18.3. The van der Waals surface area contributed by atoms with Crippen LogP contribution in [0.1, 0.15) is 27.9 Å². The van der Waals surface area contributed by atoms with Crippen molar-refractivity contribution in [2.24, 2.45) is 0 Å². The molecule has 0 spiro atoms. The van der Waals surface area contributed by atoms with Crippen molar-refractivity contribution in [2.75, 3.05) is 20.3 Å². The predicted molar refractivity (Wildman–Crippen MR) is 133 cm³/mol. The van der Waals surface area contributed by atoms with Crippen LogP contribution in [0.3, 0.4) is 0 Å². The summed E-state index contributed by atoms with van der Waals surface area (Å²) in [4.78, 5) is 21.4. The van der Waals surface area contributed by atoms with Crippen molar-refractivity contribution in [2.45, 2.75) is 23.9 Å². The third-order valence-electron chi connectivity index (χ3n) is 5.16. The second kappa shape index (κ2) is 11.3. The Morgan fingerprint density at radius 1 is 1.09 bits per heavy atom. The molecule has 1 amide bonds. The van der Waals surface area contributed by atoms with Gasteiger partial charge in [0.2, 0.25) is 0 Å². The number of carbonyl (C=O) groups excluding carboxylic acids is 1. The number of halogens is 1. The van der Waals surface area contributed by atoms with Crippen LogP contribution in [0, 0.1) is 0 Å². The average Bonchev–Trinajstić information content (AvgIpc) is 3.19. The van der Waals surface area contributed by atoms with Gasteiger partial charge in [0.25, 0.3) is 5.91 Å². The molecule has 170 valence electrons. The van der Waals surface area contributed by atoms with E-state index in [4.69, 9.17) is 21.3 Å². The zero-order chi connectivity index (χ0) is 23.0. The van der Waals surface area contributed by atoms with Gasteiger partial charge in [0.1, 0.15) is 0 Å². The molecule has 2 heterocycles. The van der Waals surface area contributed by atoms with E-state index in [-0.39, 0.29) is 5.91 Å². The topological polar surface area (TPSA) is 69.0 Å². The molecule has 33 heavy (non-hydrogen) atoms. The Morgan fingerprint density at radius 2 is 1.85 bits per heavy atom. The number of aromatic nitrogens is 3. The molecule has 4 aromatic rings. The normalized spacial score (nSPS) is 11.1. The predicted octanol–water partition coefficient (Wildman–Crippen LogP) is 5.19. The summed E-state index contributed by atoms with van der Waals surface area (Å²) < 4.78 is 7.18. The van der Waals surface area contributed by atoms with E-state index >= 15 is 0 Å². The highest BCUT2D eigenvalue weighted by atomic mass is 35.5. The van der Waals surface area contributed by atoms with Gasteiger partial charge in [0, 0.05) is 42.8 Å². The van der Waals surface area contributed by atoms with Crippen LogP contribution >= 0.6 is 23.4 Å². The van der Waals surface area contributed by atoms with E-state index in [1.54, 1.807) is 25.1 Å². The lowest BCUT2D eigenvalue weighted by Gasteiger charge is -2.10. The van der Waals surface area contributed by atoms with Crippen LogP contribution < -0.4 is 5.32 Å². The summed E-state index contributed by atoms with van der Waals surface area (Å²) in [6.45, 7) is 1.86. The molecule has 0 bridgehead atoms. The number of hydrogen-bond donors (Lipinski definition) is 1. The Kier molecular flexibility index (Phi) is 7.99. The summed E-state index contributed by atoms with van der Waals surface area (Å²) in [5.74, 6) is 0.713. The molecule has 0 aliphatic carbocycles. The summed E-state index contributed by atoms with van der Waals surface area (Å²) in [7, 11) is 1.65. The quantitative estimate of drug-likeness (QED) is 0.250. The van der Waals surface area contributed by atoms with Gasteiger partial charge in [0.15, 0.2) is 5.16 Å². The van der Waals surface area contributed by atoms with Gasteiger partial charge < -0.3 is 14.6 Å². The van der Waals surface area contributed by atoms with Crippen molar-refractivity contribution in [3.05, 3.63) is 88.7 Å².